The molecule has 2 aromatic rings. The Kier molecular flexibility index (Phi) is 5.56. The number of ether oxygens (including phenoxy) is 2. The van der Waals surface area contributed by atoms with Crippen molar-refractivity contribution in [3.63, 3.8) is 0 Å². The normalized spacial score (nSPS) is 28.2. The lowest BCUT2D eigenvalue weighted by molar-refractivity contribution is -0.277. The molecule has 11 nitrogen and oxygen atoms in total. The second-order valence-electron chi connectivity index (χ2n) is 5.88. The molecule has 13 heteroatoms. The summed E-state index contributed by atoms with van der Waals surface area (Å²) in [6.45, 7) is -0.736. The van der Waals surface area contributed by atoms with Crippen LogP contribution < -0.4 is 14.5 Å². The molecule has 1 aliphatic rings. The Hall–Kier alpha value is -2.29. The fraction of sp³-hybridized carbons (Fsp3) is 0.400. The highest BCUT2D eigenvalue weighted by atomic mass is 32.3. The third kappa shape index (κ3) is 4.24. The van der Waals surface area contributed by atoms with E-state index < -0.39 is 64.9 Å². The third-order valence-electron chi connectivity index (χ3n) is 3.97. The highest BCUT2D eigenvalue weighted by Crippen LogP contribution is 2.35. The van der Waals surface area contributed by atoms with E-state index in [9.17, 15) is 37.5 Å². The van der Waals surface area contributed by atoms with Crippen LogP contribution in [0.1, 0.15) is 0 Å². The van der Waals surface area contributed by atoms with E-state index in [0.717, 1.165) is 18.2 Å². The maximum atomic E-state index is 13.0. The van der Waals surface area contributed by atoms with Gasteiger partial charge in [0.1, 0.15) is 30.0 Å². The smallest absolute Gasteiger partial charge is 0.458 e. The van der Waals surface area contributed by atoms with Crippen LogP contribution in [0.4, 0.5) is 3.89 Å². The van der Waals surface area contributed by atoms with E-state index in [2.05, 4.69) is 4.18 Å². The van der Waals surface area contributed by atoms with Crippen LogP contribution in [-0.4, -0.2) is 66.2 Å². The van der Waals surface area contributed by atoms with Gasteiger partial charge < -0.3 is 38.5 Å². The van der Waals surface area contributed by atoms with Crippen molar-refractivity contribution in [3.8, 4) is 11.5 Å². The number of rotatable bonds is 5. The Morgan fingerprint density at radius 1 is 1.07 bits per heavy atom. The Morgan fingerprint density at radius 3 is 2.43 bits per heavy atom. The molecule has 0 unspecified atom stereocenters. The van der Waals surface area contributed by atoms with Crippen LogP contribution in [0.15, 0.2) is 33.5 Å². The molecular weight excluding hydrogens is 407 g/mol. The lowest BCUT2D eigenvalue weighted by Gasteiger charge is -2.39. The van der Waals surface area contributed by atoms with Crippen molar-refractivity contribution < 1.29 is 50.8 Å². The molecule has 2 heterocycles. The second-order valence-corrected chi connectivity index (χ2v) is 6.84. The monoisotopic (exact) mass is 422 g/mol. The van der Waals surface area contributed by atoms with Crippen LogP contribution in [0.3, 0.4) is 0 Å². The van der Waals surface area contributed by atoms with Crippen LogP contribution in [0.2, 0.25) is 0 Å². The predicted octanol–water partition coefficient (Wildman–Crippen LogP) is -1.44. The van der Waals surface area contributed by atoms with E-state index in [4.69, 9.17) is 13.9 Å². The van der Waals surface area contributed by atoms with Crippen molar-refractivity contribution in [2.24, 2.45) is 0 Å². The van der Waals surface area contributed by atoms with Crippen molar-refractivity contribution >= 4 is 21.5 Å². The van der Waals surface area contributed by atoms with Gasteiger partial charge >= 0.3 is 16.1 Å². The van der Waals surface area contributed by atoms with Gasteiger partial charge in [0, 0.05) is 17.5 Å². The molecule has 0 bridgehead atoms. The lowest BCUT2D eigenvalue weighted by Crippen LogP contribution is -2.60. The first kappa shape index (κ1) is 20.4. The number of hydrogen-bond acceptors (Lipinski definition) is 11. The molecular formula is C15H15FO11S. The summed E-state index contributed by atoms with van der Waals surface area (Å²) in [6.07, 6.45) is -8.28. The topological polar surface area (TPSA) is 173 Å². The molecule has 0 saturated carbocycles. The SMILES string of the molecule is O=c1ccc2cc(OS(=O)(=O)F)c(O[C@@H]3O[C@H](CO)[C@@H](O)[C@H](O)[C@H]3O)cc2o1. The molecule has 1 fully saturated rings. The molecule has 1 aliphatic heterocycles. The first-order valence-corrected chi connectivity index (χ1v) is 9.09. The number of benzene rings is 1. The predicted molar refractivity (Wildman–Crippen MR) is 87.5 cm³/mol. The second kappa shape index (κ2) is 7.62. The molecule has 1 saturated heterocycles. The minimum atomic E-state index is -5.47. The molecule has 3 rings (SSSR count). The number of aliphatic hydroxyl groups excluding tert-OH is 4. The summed E-state index contributed by atoms with van der Waals surface area (Å²) in [7, 11) is -5.47. The average Bonchev–Trinajstić information content (AvgIpc) is 2.61. The summed E-state index contributed by atoms with van der Waals surface area (Å²) in [4.78, 5) is 11.4. The van der Waals surface area contributed by atoms with E-state index in [-0.39, 0.29) is 11.0 Å². The van der Waals surface area contributed by atoms with Crippen molar-refractivity contribution in [1.29, 1.82) is 0 Å². The number of fused-ring (bicyclic) bond motifs is 1. The lowest BCUT2D eigenvalue weighted by atomic mass is 9.99. The van der Waals surface area contributed by atoms with Gasteiger partial charge in [0.05, 0.1) is 6.61 Å². The molecule has 154 valence electrons. The molecule has 0 amide bonds. The van der Waals surface area contributed by atoms with Crippen molar-refractivity contribution in [1.82, 2.24) is 0 Å². The van der Waals surface area contributed by atoms with Gasteiger partial charge in [-0.2, -0.15) is 8.42 Å². The summed E-state index contributed by atoms with van der Waals surface area (Å²) in [6, 6.07) is 4.28. The van der Waals surface area contributed by atoms with Gasteiger partial charge in [0.2, 0.25) is 6.29 Å². The highest BCUT2D eigenvalue weighted by Gasteiger charge is 2.45. The minimum Gasteiger partial charge on any atom is -0.458 e. The first-order valence-electron chi connectivity index (χ1n) is 7.78. The van der Waals surface area contributed by atoms with Gasteiger partial charge in [0.25, 0.3) is 0 Å². The van der Waals surface area contributed by atoms with Crippen molar-refractivity contribution in [2.75, 3.05) is 6.61 Å². The van der Waals surface area contributed by atoms with E-state index in [1.165, 1.54) is 6.07 Å². The fourth-order valence-corrected chi connectivity index (χ4v) is 2.97. The average molecular weight is 422 g/mol. The molecule has 0 radical (unpaired) electrons. The van der Waals surface area contributed by atoms with E-state index in [1.807, 2.05) is 0 Å². The van der Waals surface area contributed by atoms with E-state index >= 15 is 0 Å². The van der Waals surface area contributed by atoms with Gasteiger partial charge in [-0.25, -0.2) is 4.79 Å². The first-order chi connectivity index (χ1) is 13.1. The Balaban J connectivity index is 2.02. The molecule has 1 aromatic carbocycles. The van der Waals surface area contributed by atoms with Crippen LogP contribution in [0.25, 0.3) is 11.0 Å². The number of aliphatic hydroxyl groups is 4. The summed E-state index contributed by atoms with van der Waals surface area (Å²) in [5.74, 6) is -1.19. The van der Waals surface area contributed by atoms with Gasteiger partial charge in [-0.15, -0.1) is 0 Å². The van der Waals surface area contributed by atoms with Crippen LogP contribution >= 0.6 is 0 Å². The summed E-state index contributed by atoms with van der Waals surface area (Å²) in [5.41, 5.74) is -0.825. The van der Waals surface area contributed by atoms with E-state index in [1.54, 1.807) is 0 Å². The largest absolute Gasteiger partial charge is 0.488 e. The zero-order chi connectivity index (χ0) is 20.6. The number of halogens is 1. The summed E-state index contributed by atoms with van der Waals surface area (Å²) in [5, 5.41) is 38.9. The maximum absolute atomic E-state index is 13.0. The quantitative estimate of drug-likeness (QED) is 0.328. The zero-order valence-corrected chi connectivity index (χ0v) is 14.7. The summed E-state index contributed by atoms with van der Waals surface area (Å²) < 4.78 is 54.3. The van der Waals surface area contributed by atoms with Crippen molar-refractivity contribution in [2.45, 2.75) is 30.7 Å². The van der Waals surface area contributed by atoms with Gasteiger partial charge in [-0.05, 0) is 12.1 Å². The Morgan fingerprint density at radius 2 is 1.79 bits per heavy atom. The molecule has 0 aliphatic carbocycles. The zero-order valence-electron chi connectivity index (χ0n) is 13.8. The standard InChI is InChI=1S/C15H15FO11S/c16-28(22,23)27-9-3-6-1-2-11(18)24-7(6)4-8(9)25-15-14(21)13(20)12(19)10(5-17)26-15/h1-4,10,12-15,17,19-21H,5H2/t10-,12-,13+,14-,15-/m1/s1. The van der Waals surface area contributed by atoms with Crippen LogP contribution in [0.5, 0.6) is 11.5 Å². The van der Waals surface area contributed by atoms with Gasteiger partial charge in [0.15, 0.2) is 11.5 Å². The fourth-order valence-electron chi connectivity index (χ4n) is 2.63. The molecule has 4 N–H and O–H groups in total. The van der Waals surface area contributed by atoms with E-state index in [0.29, 0.717) is 0 Å². The maximum Gasteiger partial charge on any atom is 0.488 e. The third-order valence-corrected chi connectivity index (χ3v) is 4.35. The molecule has 1 aromatic heterocycles. The molecule has 28 heavy (non-hydrogen) atoms. The molecule has 0 spiro atoms. The van der Waals surface area contributed by atoms with Crippen LogP contribution in [0, 0.1) is 0 Å². The minimum absolute atomic E-state index is 0.0873. The highest BCUT2D eigenvalue weighted by molar-refractivity contribution is 7.81. The number of hydrogen-bond donors (Lipinski definition) is 4. The Labute approximate surface area is 156 Å². The Bertz CT molecular complexity index is 1020. The molecule has 5 atom stereocenters. The van der Waals surface area contributed by atoms with Crippen LogP contribution in [-0.2, 0) is 15.2 Å². The van der Waals surface area contributed by atoms with Gasteiger partial charge in [-0.1, -0.05) is 3.89 Å². The summed E-state index contributed by atoms with van der Waals surface area (Å²) >= 11 is 0. The van der Waals surface area contributed by atoms with Crippen molar-refractivity contribution in [3.05, 3.63) is 34.7 Å². The van der Waals surface area contributed by atoms with Gasteiger partial charge in [-0.3, -0.25) is 0 Å².